The van der Waals surface area contributed by atoms with Crippen molar-refractivity contribution in [3.63, 3.8) is 0 Å². The zero-order valence-electron chi connectivity index (χ0n) is 12.1. The molecule has 0 saturated carbocycles. The average molecular weight is 285 g/mol. The molecule has 0 aliphatic heterocycles. The molecule has 1 aromatic rings. The van der Waals surface area contributed by atoms with Gasteiger partial charge in [0.15, 0.2) is 0 Å². The molecule has 0 aliphatic carbocycles. The smallest absolute Gasteiger partial charge is 0.123 e. The second-order valence-corrected chi connectivity index (χ2v) is 5.08. The Labute approximate surface area is 119 Å². The standard InChI is InChI=1S/C15H24FNO3/c1-12(2)9-17-10-14(18)11-19-7-8-20-15-5-3-13(16)4-6-15/h3-6,12,14,17-18H,7-11H2,1-2H3/t14-/m1/s1. The Hall–Kier alpha value is -1.17. The molecule has 0 unspecified atom stereocenters. The summed E-state index contributed by atoms with van der Waals surface area (Å²) in [5, 5.41) is 12.8. The molecular formula is C15H24FNO3. The molecule has 0 fully saturated rings. The van der Waals surface area contributed by atoms with Gasteiger partial charge >= 0.3 is 0 Å². The number of hydrogen-bond donors (Lipinski definition) is 2. The first-order chi connectivity index (χ1) is 9.58. The van der Waals surface area contributed by atoms with Crippen molar-refractivity contribution >= 4 is 0 Å². The van der Waals surface area contributed by atoms with Crippen LogP contribution < -0.4 is 10.1 Å². The molecule has 0 aromatic heterocycles. The van der Waals surface area contributed by atoms with Gasteiger partial charge in [-0.2, -0.15) is 0 Å². The zero-order chi connectivity index (χ0) is 14.8. The van der Waals surface area contributed by atoms with Crippen LogP contribution in [0.5, 0.6) is 5.75 Å². The minimum Gasteiger partial charge on any atom is -0.491 e. The predicted octanol–water partition coefficient (Wildman–Crippen LogP) is 1.83. The third-order valence-electron chi connectivity index (χ3n) is 2.55. The molecule has 0 radical (unpaired) electrons. The molecule has 1 aromatic carbocycles. The van der Waals surface area contributed by atoms with Gasteiger partial charge in [-0.15, -0.1) is 0 Å². The number of ether oxygens (including phenoxy) is 2. The number of aliphatic hydroxyl groups excluding tert-OH is 1. The summed E-state index contributed by atoms with van der Waals surface area (Å²) in [5.41, 5.74) is 0. The summed E-state index contributed by atoms with van der Waals surface area (Å²) in [6.45, 7) is 6.67. The average Bonchev–Trinajstić information content (AvgIpc) is 2.40. The number of rotatable bonds is 10. The van der Waals surface area contributed by atoms with Gasteiger partial charge in [0.2, 0.25) is 0 Å². The van der Waals surface area contributed by atoms with Crippen LogP contribution >= 0.6 is 0 Å². The largest absolute Gasteiger partial charge is 0.491 e. The molecule has 0 aliphatic rings. The molecule has 1 rings (SSSR count). The summed E-state index contributed by atoms with van der Waals surface area (Å²) >= 11 is 0. The highest BCUT2D eigenvalue weighted by Gasteiger charge is 2.04. The second-order valence-electron chi connectivity index (χ2n) is 5.08. The summed E-state index contributed by atoms with van der Waals surface area (Å²) < 4.78 is 23.3. The van der Waals surface area contributed by atoms with Crippen LogP contribution in [0, 0.1) is 11.7 Å². The lowest BCUT2D eigenvalue weighted by Crippen LogP contribution is -2.32. The zero-order valence-corrected chi connectivity index (χ0v) is 12.1. The molecule has 5 heteroatoms. The number of nitrogens with one attached hydrogen (secondary N) is 1. The fourth-order valence-corrected chi connectivity index (χ4v) is 1.57. The summed E-state index contributed by atoms with van der Waals surface area (Å²) in [5.74, 6) is 0.881. The first kappa shape index (κ1) is 16.9. The topological polar surface area (TPSA) is 50.7 Å². The quantitative estimate of drug-likeness (QED) is 0.644. The number of hydrogen-bond acceptors (Lipinski definition) is 4. The van der Waals surface area contributed by atoms with E-state index in [1.807, 2.05) is 0 Å². The van der Waals surface area contributed by atoms with Gasteiger partial charge in [0.25, 0.3) is 0 Å². The van der Waals surface area contributed by atoms with E-state index in [0.29, 0.717) is 31.4 Å². The van der Waals surface area contributed by atoms with Crippen molar-refractivity contribution in [2.75, 3.05) is 32.9 Å². The van der Waals surface area contributed by atoms with Crippen LogP contribution in [0.1, 0.15) is 13.8 Å². The Morgan fingerprint density at radius 3 is 2.50 bits per heavy atom. The Morgan fingerprint density at radius 2 is 1.85 bits per heavy atom. The first-order valence-corrected chi connectivity index (χ1v) is 6.93. The molecule has 2 N–H and O–H groups in total. The van der Waals surface area contributed by atoms with Crippen molar-refractivity contribution in [2.24, 2.45) is 5.92 Å². The lowest BCUT2D eigenvalue weighted by atomic mass is 10.2. The maximum absolute atomic E-state index is 12.7. The van der Waals surface area contributed by atoms with Gasteiger partial charge < -0.3 is 19.9 Å². The molecule has 0 amide bonds. The summed E-state index contributed by atoms with van der Waals surface area (Å²) in [6, 6.07) is 5.83. The third kappa shape index (κ3) is 8.09. The van der Waals surface area contributed by atoms with Gasteiger partial charge in [0.1, 0.15) is 18.2 Å². The van der Waals surface area contributed by atoms with Crippen LogP contribution in [0.25, 0.3) is 0 Å². The van der Waals surface area contributed by atoms with E-state index in [1.54, 1.807) is 12.1 Å². The molecular weight excluding hydrogens is 261 g/mol. The summed E-state index contributed by atoms with van der Waals surface area (Å²) in [4.78, 5) is 0. The normalized spacial score (nSPS) is 12.7. The van der Waals surface area contributed by atoms with E-state index < -0.39 is 6.10 Å². The Kier molecular flexibility index (Phi) is 8.18. The van der Waals surface area contributed by atoms with E-state index in [1.165, 1.54) is 12.1 Å². The highest BCUT2D eigenvalue weighted by Crippen LogP contribution is 2.10. The fraction of sp³-hybridized carbons (Fsp3) is 0.600. The summed E-state index contributed by atoms with van der Waals surface area (Å²) in [7, 11) is 0. The molecule has 0 spiro atoms. The maximum atomic E-state index is 12.7. The van der Waals surface area contributed by atoms with Crippen molar-refractivity contribution in [1.82, 2.24) is 5.32 Å². The maximum Gasteiger partial charge on any atom is 0.123 e. The molecule has 4 nitrogen and oxygen atoms in total. The van der Waals surface area contributed by atoms with E-state index in [4.69, 9.17) is 9.47 Å². The molecule has 0 saturated heterocycles. The molecule has 1 atom stereocenters. The van der Waals surface area contributed by atoms with Crippen molar-refractivity contribution in [1.29, 1.82) is 0 Å². The molecule has 0 bridgehead atoms. The van der Waals surface area contributed by atoms with Gasteiger partial charge in [-0.3, -0.25) is 0 Å². The highest BCUT2D eigenvalue weighted by atomic mass is 19.1. The van der Waals surface area contributed by atoms with Crippen molar-refractivity contribution in [2.45, 2.75) is 20.0 Å². The van der Waals surface area contributed by atoms with E-state index >= 15 is 0 Å². The highest BCUT2D eigenvalue weighted by molar-refractivity contribution is 5.21. The van der Waals surface area contributed by atoms with Gasteiger partial charge in [0.05, 0.1) is 19.3 Å². The fourth-order valence-electron chi connectivity index (χ4n) is 1.57. The molecule has 114 valence electrons. The first-order valence-electron chi connectivity index (χ1n) is 6.93. The number of aliphatic hydroxyl groups is 1. The monoisotopic (exact) mass is 285 g/mol. The van der Waals surface area contributed by atoms with E-state index in [-0.39, 0.29) is 12.4 Å². The lowest BCUT2D eigenvalue weighted by molar-refractivity contribution is 0.0249. The van der Waals surface area contributed by atoms with Crippen LogP contribution in [0.4, 0.5) is 4.39 Å². The van der Waals surface area contributed by atoms with Crippen LogP contribution in [0.3, 0.4) is 0 Å². The summed E-state index contributed by atoms with van der Waals surface area (Å²) in [6.07, 6.45) is -0.514. The Morgan fingerprint density at radius 1 is 1.15 bits per heavy atom. The van der Waals surface area contributed by atoms with Crippen LogP contribution in [0.2, 0.25) is 0 Å². The lowest BCUT2D eigenvalue weighted by Gasteiger charge is -2.13. The number of halogens is 1. The SMILES string of the molecule is CC(C)CNC[C@@H](O)COCCOc1ccc(F)cc1. The van der Waals surface area contributed by atoms with Crippen LogP contribution in [0.15, 0.2) is 24.3 Å². The number of benzene rings is 1. The second kappa shape index (κ2) is 9.69. The third-order valence-corrected chi connectivity index (χ3v) is 2.55. The predicted molar refractivity (Wildman–Crippen MR) is 76.4 cm³/mol. The van der Waals surface area contributed by atoms with Crippen molar-refractivity contribution in [3.8, 4) is 5.75 Å². The van der Waals surface area contributed by atoms with E-state index in [9.17, 15) is 9.50 Å². The van der Waals surface area contributed by atoms with Crippen molar-refractivity contribution < 1.29 is 19.0 Å². The molecule has 20 heavy (non-hydrogen) atoms. The minimum atomic E-state index is -0.514. The van der Waals surface area contributed by atoms with E-state index in [0.717, 1.165) is 6.54 Å². The van der Waals surface area contributed by atoms with Crippen molar-refractivity contribution in [3.05, 3.63) is 30.1 Å². The Balaban J connectivity index is 2.00. The van der Waals surface area contributed by atoms with Gasteiger partial charge in [-0.05, 0) is 36.7 Å². The van der Waals surface area contributed by atoms with E-state index in [2.05, 4.69) is 19.2 Å². The van der Waals surface area contributed by atoms with Crippen LogP contribution in [-0.4, -0.2) is 44.1 Å². The molecule has 0 heterocycles. The van der Waals surface area contributed by atoms with Gasteiger partial charge in [-0.1, -0.05) is 13.8 Å². The van der Waals surface area contributed by atoms with Gasteiger partial charge in [0, 0.05) is 6.54 Å². The van der Waals surface area contributed by atoms with Gasteiger partial charge in [-0.25, -0.2) is 4.39 Å². The Bertz CT molecular complexity index is 357. The van der Waals surface area contributed by atoms with Crippen LogP contribution in [-0.2, 0) is 4.74 Å². The minimum absolute atomic E-state index is 0.276.